The summed E-state index contributed by atoms with van der Waals surface area (Å²) in [6.45, 7) is 0.237. The normalized spacial score (nSPS) is 16.8. The van der Waals surface area contributed by atoms with Gasteiger partial charge in [0.05, 0.1) is 11.0 Å². The molecule has 1 aliphatic heterocycles. The van der Waals surface area contributed by atoms with Gasteiger partial charge in [0.2, 0.25) is 5.91 Å². The molecule has 8 heteroatoms. The van der Waals surface area contributed by atoms with Crippen molar-refractivity contribution in [2.75, 3.05) is 11.4 Å². The number of hydrogen-bond acceptors (Lipinski definition) is 4. The van der Waals surface area contributed by atoms with Crippen molar-refractivity contribution in [1.29, 1.82) is 0 Å². The molecule has 0 radical (unpaired) electrons. The van der Waals surface area contributed by atoms with Crippen molar-refractivity contribution in [3.63, 3.8) is 0 Å². The zero-order valence-corrected chi connectivity index (χ0v) is 13.0. The van der Waals surface area contributed by atoms with Crippen LogP contribution in [-0.2, 0) is 4.79 Å². The molecular weight excluding hydrogens is 329 g/mol. The van der Waals surface area contributed by atoms with Gasteiger partial charge in [0.1, 0.15) is 5.82 Å². The minimum absolute atomic E-state index is 0.106. The van der Waals surface area contributed by atoms with E-state index in [0.717, 1.165) is 0 Å². The molecule has 1 heterocycles. The molecule has 0 saturated carbocycles. The predicted octanol–water partition coefficient (Wildman–Crippen LogP) is 2.27. The van der Waals surface area contributed by atoms with Gasteiger partial charge in [0.15, 0.2) is 0 Å². The van der Waals surface area contributed by atoms with Gasteiger partial charge in [-0.25, -0.2) is 4.39 Å². The van der Waals surface area contributed by atoms with Crippen molar-refractivity contribution in [1.82, 2.24) is 5.32 Å². The Kier molecular flexibility index (Phi) is 4.42. The first-order valence-corrected chi connectivity index (χ1v) is 7.55. The number of nitro groups is 1. The summed E-state index contributed by atoms with van der Waals surface area (Å²) in [6.07, 6.45) is 0.106. The van der Waals surface area contributed by atoms with Gasteiger partial charge in [-0.3, -0.25) is 19.7 Å². The molecule has 0 aromatic heterocycles. The van der Waals surface area contributed by atoms with E-state index in [9.17, 15) is 24.1 Å². The fraction of sp³-hybridized carbons (Fsp3) is 0.176. The summed E-state index contributed by atoms with van der Waals surface area (Å²) < 4.78 is 13.3. The molecule has 2 aromatic rings. The molecule has 0 unspecified atom stereocenters. The molecule has 0 aliphatic carbocycles. The zero-order valence-electron chi connectivity index (χ0n) is 13.0. The Morgan fingerprint density at radius 2 is 1.96 bits per heavy atom. The number of nitrogens with zero attached hydrogens (tertiary/aromatic N) is 2. The summed E-state index contributed by atoms with van der Waals surface area (Å²) in [5.41, 5.74) is 0.601. The first kappa shape index (κ1) is 16.6. The number of carbonyl (C=O) groups is 2. The van der Waals surface area contributed by atoms with Crippen LogP contribution in [-0.4, -0.2) is 29.3 Å². The molecule has 128 valence electrons. The van der Waals surface area contributed by atoms with Gasteiger partial charge in [-0.15, -0.1) is 0 Å². The summed E-state index contributed by atoms with van der Waals surface area (Å²) in [6, 6.07) is 10.5. The van der Waals surface area contributed by atoms with Crippen LogP contribution in [0.3, 0.4) is 0 Å². The van der Waals surface area contributed by atoms with Crippen LogP contribution in [0.5, 0.6) is 0 Å². The van der Waals surface area contributed by atoms with Crippen LogP contribution in [0.15, 0.2) is 48.5 Å². The SMILES string of the molecule is O=C(N[C@H]1CC(=O)N(c2cccc(F)c2)C1)c1ccc([N+](=O)[O-])cc1. The Hall–Kier alpha value is -3.29. The van der Waals surface area contributed by atoms with Crippen molar-refractivity contribution < 1.29 is 18.9 Å². The Morgan fingerprint density at radius 1 is 1.24 bits per heavy atom. The molecule has 1 N–H and O–H groups in total. The first-order chi connectivity index (χ1) is 11.9. The van der Waals surface area contributed by atoms with E-state index in [2.05, 4.69) is 5.32 Å². The third-order valence-electron chi connectivity index (χ3n) is 3.92. The lowest BCUT2D eigenvalue weighted by molar-refractivity contribution is -0.384. The lowest BCUT2D eigenvalue weighted by Gasteiger charge is -2.17. The smallest absolute Gasteiger partial charge is 0.269 e. The van der Waals surface area contributed by atoms with E-state index in [0.29, 0.717) is 5.69 Å². The highest BCUT2D eigenvalue weighted by atomic mass is 19.1. The number of rotatable bonds is 4. The maximum absolute atomic E-state index is 13.3. The largest absolute Gasteiger partial charge is 0.347 e. The summed E-state index contributed by atoms with van der Waals surface area (Å²) in [7, 11) is 0. The molecule has 1 fully saturated rings. The fourth-order valence-corrected chi connectivity index (χ4v) is 2.70. The van der Waals surface area contributed by atoms with Gasteiger partial charge in [0.25, 0.3) is 11.6 Å². The first-order valence-electron chi connectivity index (χ1n) is 7.55. The second-order valence-electron chi connectivity index (χ2n) is 5.66. The topological polar surface area (TPSA) is 92.6 Å². The van der Waals surface area contributed by atoms with E-state index in [1.807, 2.05) is 0 Å². The van der Waals surface area contributed by atoms with Crippen molar-refractivity contribution >= 4 is 23.2 Å². The fourth-order valence-electron chi connectivity index (χ4n) is 2.70. The maximum atomic E-state index is 13.3. The molecule has 1 atom stereocenters. The number of anilines is 1. The minimum atomic E-state index is -0.547. The predicted molar refractivity (Wildman–Crippen MR) is 87.7 cm³/mol. The van der Waals surface area contributed by atoms with Crippen molar-refractivity contribution in [3.05, 3.63) is 70.0 Å². The number of carbonyl (C=O) groups excluding carboxylic acids is 2. The highest BCUT2D eigenvalue weighted by molar-refractivity contribution is 5.99. The van der Waals surface area contributed by atoms with E-state index >= 15 is 0 Å². The van der Waals surface area contributed by atoms with Gasteiger partial charge in [-0.1, -0.05) is 6.07 Å². The molecule has 1 aliphatic rings. The average molecular weight is 343 g/mol. The molecule has 7 nitrogen and oxygen atoms in total. The third kappa shape index (κ3) is 3.63. The van der Waals surface area contributed by atoms with E-state index in [1.54, 1.807) is 6.07 Å². The van der Waals surface area contributed by atoms with Crippen molar-refractivity contribution in [2.45, 2.75) is 12.5 Å². The zero-order chi connectivity index (χ0) is 18.0. The van der Waals surface area contributed by atoms with Crippen LogP contribution in [0.1, 0.15) is 16.8 Å². The Morgan fingerprint density at radius 3 is 2.60 bits per heavy atom. The van der Waals surface area contributed by atoms with Gasteiger partial charge in [0, 0.05) is 36.3 Å². The van der Waals surface area contributed by atoms with Crippen LogP contribution in [0.4, 0.5) is 15.8 Å². The van der Waals surface area contributed by atoms with E-state index in [4.69, 9.17) is 0 Å². The minimum Gasteiger partial charge on any atom is -0.347 e. The third-order valence-corrected chi connectivity index (χ3v) is 3.92. The number of nitrogens with one attached hydrogen (secondary N) is 1. The number of hydrogen-bond donors (Lipinski definition) is 1. The number of non-ortho nitro benzene ring substituents is 1. The van der Waals surface area contributed by atoms with E-state index in [1.165, 1.54) is 47.4 Å². The molecule has 0 spiro atoms. The molecule has 3 rings (SSSR count). The Balaban J connectivity index is 1.66. The second-order valence-corrected chi connectivity index (χ2v) is 5.66. The van der Waals surface area contributed by atoms with Gasteiger partial charge in [-0.2, -0.15) is 0 Å². The van der Waals surface area contributed by atoms with Gasteiger partial charge in [-0.05, 0) is 30.3 Å². The van der Waals surface area contributed by atoms with Gasteiger partial charge >= 0.3 is 0 Å². The molecule has 1 saturated heterocycles. The Labute approximate surface area is 142 Å². The van der Waals surface area contributed by atoms with Crippen LogP contribution < -0.4 is 10.2 Å². The summed E-state index contributed by atoms with van der Waals surface area (Å²) >= 11 is 0. The highest BCUT2D eigenvalue weighted by Crippen LogP contribution is 2.22. The van der Waals surface area contributed by atoms with Crippen LogP contribution in [0, 0.1) is 15.9 Å². The quantitative estimate of drug-likeness (QED) is 0.681. The highest BCUT2D eigenvalue weighted by Gasteiger charge is 2.31. The van der Waals surface area contributed by atoms with Crippen LogP contribution in [0.25, 0.3) is 0 Å². The number of halogens is 1. The van der Waals surface area contributed by atoms with Crippen molar-refractivity contribution in [2.24, 2.45) is 0 Å². The average Bonchev–Trinajstić information content (AvgIpc) is 2.95. The molecule has 2 amide bonds. The van der Waals surface area contributed by atoms with Crippen molar-refractivity contribution in [3.8, 4) is 0 Å². The number of nitro benzene ring substituents is 1. The summed E-state index contributed by atoms with van der Waals surface area (Å²) in [5.74, 6) is -1.07. The van der Waals surface area contributed by atoms with E-state index < -0.39 is 22.7 Å². The Bertz CT molecular complexity index is 838. The lowest BCUT2D eigenvalue weighted by atomic mass is 10.1. The molecular formula is C17H14FN3O4. The summed E-state index contributed by atoms with van der Waals surface area (Å²) in [5, 5.41) is 13.4. The molecule has 0 bridgehead atoms. The number of amides is 2. The monoisotopic (exact) mass is 343 g/mol. The second kappa shape index (κ2) is 6.68. The standard InChI is InChI=1S/C17H14FN3O4/c18-12-2-1-3-15(8-12)20-10-13(9-16(20)22)19-17(23)11-4-6-14(7-5-11)21(24)25/h1-8,13H,9-10H2,(H,19,23)/t13-/m0/s1. The number of benzene rings is 2. The van der Waals surface area contributed by atoms with Gasteiger partial charge < -0.3 is 10.2 Å². The molecule has 25 heavy (non-hydrogen) atoms. The lowest BCUT2D eigenvalue weighted by Crippen LogP contribution is -2.37. The summed E-state index contributed by atoms with van der Waals surface area (Å²) in [4.78, 5) is 35.8. The van der Waals surface area contributed by atoms with Crippen LogP contribution in [0.2, 0.25) is 0 Å². The van der Waals surface area contributed by atoms with Crippen LogP contribution >= 0.6 is 0 Å². The maximum Gasteiger partial charge on any atom is 0.269 e. The molecule has 2 aromatic carbocycles. The van der Waals surface area contributed by atoms with E-state index in [-0.39, 0.29) is 30.1 Å².